The third-order valence-electron chi connectivity index (χ3n) is 3.29. The number of carbonyl (C=O) groups excluding carboxylic acids is 1. The van der Waals surface area contributed by atoms with Crippen molar-refractivity contribution in [2.45, 2.75) is 13.0 Å². The summed E-state index contributed by atoms with van der Waals surface area (Å²) < 4.78 is 1.53. The van der Waals surface area contributed by atoms with Crippen LogP contribution in [0.2, 0.25) is 5.15 Å². The first kappa shape index (κ1) is 15.9. The number of hydrogen-bond donors (Lipinski definition) is 1. The second kappa shape index (κ2) is 6.53. The summed E-state index contributed by atoms with van der Waals surface area (Å²) in [7, 11) is 1.72. The minimum Gasteiger partial charge on any atom is -0.480 e. The molecule has 1 N–H and O–H groups in total. The summed E-state index contributed by atoms with van der Waals surface area (Å²) in [6.45, 7) is 2.23. The second-order valence-corrected chi connectivity index (χ2v) is 6.22. The summed E-state index contributed by atoms with van der Waals surface area (Å²) in [5.41, 5.74) is 1.39. The molecule has 0 saturated carbocycles. The average Bonchev–Trinajstić information content (AvgIpc) is 2.70. The Labute approximate surface area is 131 Å². The van der Waals surface area contributed by atoms with E-state index in [-0.39, 0.29) is 5.91 Å². The monoisotopic (exact) mass is 329 g/mol. The molecule has 0 spiro atoms. The third-order valence-corrected chi connectivity index (χ3v) is 4.76. The quantitative estimate of drug-likeness (QED) is 0.849. The highest BCUT2D eigenvalue weighted by Crippen LogP contribution is 2.21. The second-order valence-electron chi connectivity index (χ2n) is 4.71. The van der Waals surface area contributed by atoms with Crippen LogP contribution in [-0.4, -0.2) is 55.8 Å². The smallest absolute Gasteiger partial charge is 0.327 e. The molecule has 2 rings (SSSR count). The number of amides is 1. The van der Waals surface area contributed by atoms with Gasteiger partial charge in [-0.2, -0.15) is 16.9 Å². The highest BCUT2D eigenvalue weighted by molar-refractivity contribution is 7.99. The van der Waals surface area contributed by atoms with E-state index in [4.69, 9.17) is 16.7 Å². The molecule has 0 aromatic carbocycles. The average molecular weight is 330 g/mol. The molecule has 8 heteroatoms. The molecule has 1 aromatic rings. The van der Waals surface area contributed by atoms with E-state index in [0.29, 0.717) is 23.0 Å². The number of carboxylic acid groups (broad SMARTS) is 1. The van der Waals surface area contributed by atoms with Crippen molar-refractivity contribution >= 4 is 41.3 Å². The lowest BCUT2D eigenvalue weighted by atomic mass is 10.2. The zero-order valence-corrected chi connectivity index (χ0v) is 13.3. The summed E-state index contributed by atoms with van der Waals surface area (Å²) in [6.07, 6.45) is 2.95. The number of thioether (sulfide) groups is 1. The van der Waals surface area contributed by atoms with Crippen LogP contribution in [0.3, 0.4) is 0 Å². The zero-order chi connectivity index (χ0) is 15.6. The van der Waals surface area contributed by atoms with Gasteiger partial charge in [0.25, 0.3) is 0 Å². The number of nitrogens with zero attached hydrogens (tertiary/aromatic N) is 3. The first-order valence-electron chi connectivity index (χ1n) is 6.40. The van der Waals surface area contributed by atoms with Gasteiger partial charge in [0.2, 0.25) is 5.91 Å². The Morgan fingerprint density at radius 3 is 2.81 bits per heavy atom. The lowest BCUT2D eigenvalue weighted by Gasteiger charge is -2.31. The van der Waals surface area contributed by atoms with Gasteiger partial charge in [-0.3, -0.25) is 9.48 Å². The lowest BCUT2D eigenvalue weighted by molar-refractivity contribution is -0.147. The van der Waals surface area contributed by atoms with Crippen molar-refractivity contribution in [1.82, 2.24) is 14.7 Å². The molecule has 1 fully saturated rings. The van der Waals surface area contributed by atoms with Crippen molar-refractivity contribution in [2.75, 3.05) is 18.1 Å². The number of aliphatic carboxylic acids is 1. The number of rotatable bonds is 3. The molecule has 1 aromatic heterocycles. The fourth-order valence-corrected chi connectivity index (χ4v) is 3.43. The van der Waals surface area contributed by atoms with E-state index in [9.17, 15) is 9.59 Å². The Kier molecular flexibility index (Phi) is 4.95. The first-order valence-corrected chi connectivity index (χ1v) is 7.93. The van der Waals surface area contributed by atoms with Gasteiger partial charge in [-0.1, -0.05) is 11.6 Å². The van der Waals surface area contributed by atoms with E-state index in [1.165, 1.54) is 15.7 Å². The molecular weight excluding hydrogens is 314 g/mol. The van der Waals surface area contributed by atoms with Gasteiger partial charge in [0.1, 0.15) is 11.2 Å². The van der Waals surface area contributed by atoms with Gasteiger partial charge in [0, 0.05) is 36.7 Å². The zero-order valence-electron chi connectivity index (χ0n) is 11.7. The molecule has 0 aliphatic carbocycles. The molecule has 1 atom stereocenters. The molecule has 6 nitrogen and oxygen atoms in total. The Hall–Kier alpha value is -1.47. The molecule has 2 heterocycles. The van der Waals surface area contributed by atoms with Crippen molar-refractivity contribution in [1.29, 1.82) is 0 Å². The van der Waals surface area contributed by atoms with Crippen LogP contribution >= 0.6 is 23.4 Å². The predicted octanol–water partition coefficient (Wildman–Crippen LogP) is 1.42. The van der Waals surface area contributed by atoms with E-state index in [1.807, 2.05) is 0 Å². The van der Waals surface area contributed by atoms with Crippen LogP contribution in [-0.2, 0) is 16.6 Å². The van der Waals surface area contributed by atoms with Crippen molar-refractivity contribution in [3.63, 3.8) is 0 Å². The van der Waals surface area contributed by atoms with Gasteiger partial charge in [-0.15, -0.1) is 0 Å². The van der Waals surface area contributed by atoms with Crippen LogP contribution < -0.4 is 0 Å². The largest absolute Gasteiger partial charge is 0.480 e. The molecular formula is C13H16ClN3O3S. The third kappa shape index (κ3) is 3.41. The summed E-state index contributed by atoms with van der Waals surface area (Å²) >= 11 is 7.63. The van der Waals surface area contributed by atoms with Crippen LogP contribution in [0.1, 0.15) is 11.3 Å². The minimum absolute atomic E-state index is 0.318. The summed E-state index contributed by atoms with van der Waals surface area (Å²) in [4.78, 5) is 24.8. The predicted molar refractivity (Wildman–Crippen MR) is 82.5 cm³/mol. The van der Waals surface area contributed by atoms with Gasteiger partial charge >= 0.3 is 5.97 Å². The van der Waals surface area contributed by atoms with E-state index >= 15 is 0 Å². The van der Waals surface area contributed by atoms with Gasteiger partial charge in [-0.05, 0) is 13.0 Å². The fraction of sp³-hybridized carbons (Fsp3) is 0.462. The normalized spacial score (nSPS) is 19.2. The lowest BCUT2D eigenvalue weighted by Crippen LogP contribution is -2.49. The highest BCUT2D eigenvalue weighted by Gasteiger charge is 2.31. The van der Waals surface area contributed by atoms with E-state index < -0.39 is 12.0 Å². The molecule has 21 heavy (non-hydrogen) atoms. The molecule has 1 unspecified atom stereocenters. The highest BCUT2D eigenvalue weighted by atomic mass is 35.5. The van der Waals surface area contributed by atoms with Crippen LogP contribution in [0, 0.1) is 6.92 Å². The van der Waals surface area contributed by atoms with Gasteiger partial charge in [-0.25, -0.2) is 4.79 Å². The maximum atomic E-state index is 12.2. The molecule has 1 aliphatic heterocycles. The topological polar surface area (TPSA) is 75.4 Å². The van der Waals surface area contributed by atoms with Crippen molar-refractivity contribution in [3.05, 3.63) is 22.5 Å². The Morgan fingerprint density at radius 2 is 2.24 bits per heavy atom. The summed E-state index contributed by atoms with van der Waals surface area (Å²) in [5, 5.41) is 13.8. The van der Waals surface area contributed by atoms with E-state index in [2.05, 4.69) is 5.10 Å². The van der Waals surface area contributed by atoms with Crippen LogP contribution in [0.5, 0.6) is 0 Å². The van der Waals surface area contributed by atoms with Crippen molar-refractivity contribution < 1.29 is 14.7 Å². The van der Waals surface area contributed by atoms with Gasteiger partial charge in [0.05, 0.1) is 5.69 Å². The molecule has 1 aliphatic rings. The summed E-state index contributed by atoms with van der Waals surface area (Å²) in [5.74, 6) is -0.126. The van der Waals surface area contributed by atoms with Gasteiger partial charge in [0.15, 0.2) is 0 Å². The Balaban J connectivity index is 2.16. The van der Waals surface area contributed by atoms with Crippen molar-refractivity contribution in [2.24, 2.45) is 7.05 Å². The summed E-state index contributed by atoms with van der Waals surface area (Å²) in [6, 6.07) is -0.772. The molecule has 1 saturated heterocycles. The SMILES string of the molecule is Cc1nn(C)c(Cl)c1/C=C/C(=O)N1CCSCC1C(=O)O. The molecule has 114 valence electrons. The molecule has 1 amide bonds. The van der Waals surface area contributed by atoms with Crippen LogP contribution in [0.25, 0.3) is 6.08 Å². The number of carbonyl (C=O) groups is 2. The molecule has 0 bridgehead atoms. The maximum absolute atomic E-state index is 12.2. The van der Waals surface area contributed by atoms with Crippen LogP contribution in [0.4, 0.5) is 0 Å². The fourth-order valence-electron chi connectivity index (χ4n) is 2.16. The van der Waals surface area contributed by atoms with Gasteiger partial charge < -0.3 is 10.0 Å². The van der Waals surface area contributed by atoms with Crippen molar-refractivity contribution in [3.8, 4) is 0 Å². The number of halogens is 1. The first-order chi connectivity index (χ1) is 9.91. The maximum Gasteiger partial charge on any atom is 0.327 e. The molecule has 0 radical (unpaired) electrons. The van der Waals surface area contributed by atoms with E-state index in [1.54, 1.807) is 31.8 Å². The number of aryl methyl sites for hydroxylation is 2. The Bertz CT molecular complexity index is 600. The minimum atomic E-state index is -0.973. The van der Waals surface area contributed by atoms with E-state index in [0.717, 1.165) is 11.4 Å². The standard InChI is InChI=1S/C13H16ClN3O3S/c1-8-9(12(14)16(2)15-8)3-4-11(18)17-5-6-21-7-10(17)13(19)20/h3-4,10H,5-7H2,1-2H3,(H,19,20)/b4-3+. The Morgan fingerprint density at radius 1 is 1.52 bits per heavy atom. The number of carboxylic acids is 1. The number of aromatic nitrogens is 2. The van der Waals surface area contributed by atoms with Crippen LogP contribution in [0.15, 0.2) is 6.08 Å². The number of hydrogen-bond acceptors (Lipinski definition) is 4.